The number of hydrogen-bond acceptors (Lipinski definition) is 3. The number of carbonyl (C=O) groups is 3. The zero-order valence-electron chi connectivity index (χ0n) is 14.7. The highest BCUT2D eigenvalue weighted by atomic mass is 16.4. The SMILES string of the molecule is CC(C)CC(NC(=O)c1ccc(C(=O)Nc2ccccc2)cc1)C(=O)O. The highest BCUT2D eigenvalue weighted by Crippen LogP contribution is 2.11. The lowest BCUT2D eigenvalue weighted by Gasteiger charge is -2.16. The Bertz CT molecular complexity index is 770. The molecule has 0 aromatic heterocycles. The van der Waals surface area contributed by atoms with Gasteiger partial charge < -0.3 is 15.7 Å². The van der Waals surface area contributed by atoms with Crippen molar-refractivity contribution in [3.63, 3.8) is 0 Å². The van der Waals surface area contributed by atoms with Gasteiger partial charge in [0.1, 0.15) is 6.04 Å². The molecule has 0 saturated carbocycles. The monoisotopic (exact) mass is 354 g/mol. The van der Waals surface area contributed by atoms with Crippen LogP contribution in [-0.2, 0) is 4.79 Å². The summed E-state index contributed by atoms with van der Waals surface area (Å²) >= 11 is 0. The van der Waals surface area contributed by atoms with Gasteiger partial charge in [0.15, 0.2) is 0 Å². The number of carboxylic acid groups (broad SMARTS) is 1. The molecule has 2 amide bonds. The molecule has 6 heteroatoms. The van der Waals surface area contributed by atoms with Crippen LogP contribution in [-0.4, -0.2) is 28.9 Å². The molecule has 0 aliphatic rings. The first-order valence-corrected chi connectivity index (χ1v) is 8.37. The predicted molar refractivity (Wildman–Crippen MR) is 99.2 cm³/mol. The highest BCUT2D eigenvalue weighted by Gasteiger charge is 2.21. The second kappa shape index (κ2) is 8.80. The molecule has 0 aliphatic heterocycles. The molecule has 26 heavy (non-hydrogen) atoms. The van der Waals surface area contributed by atoms with Crippen LogP contribution in [0.2, 0.25) is 0 Å². The van der Waals surface area contributed by atoms with Crippen molar-refractivity contribution in [1.82, 2.24) is 5.32 Å². The van der Waals surface area contributed by atoms with E-state index in [9.17, 15) is 19.5 Å². The molecule has 1 atom stereocenters. The van der Waals surface area contributed by atoms with Crippen molar-refractivity contribution >= 4 is 23.5 Å². The van der Waals surface area contributed by atoms with E-state index >= 15 is 0 Å². The van der Waals surface area contributed by atoms with Gasteiger partial charge in [0, 0.05) is 16.8 Å². The maximum absolute atomic E-state index is 12.2. The number of nitrogens with one attached hydrogen (secondary N) is 2. The van der Waals surface area contributed by atoms with E-state index in [1.54, 1.807) is 12.1 Å². The summed E-state index contributed by atoms with van der Waals surface area (Å²) in [6.07, 6.45) is 0.346. The van der Waals surface area contributed by atoms with Crippen LogP contribution < -0.4 is 10.6 Å². The Morgan fingerprint density at radius 2 is 1.42 bits per heavy atom. The second-order valence-corrected chi connectivity index (χ2v) is 6.39. The van der Waals surface area contributed by atoms with Crippen LogP contribution in [0.5, 0.6) is 0 Å². The molecule has 0 saturated heterocycles. The minimum atomic E-state index is -1.06. The maximum atomic E-state index is 12.2. The molecule has 0 heterocycles. The van der Waals surface area contributed by atoms with Crippen molar-refractivity contribution in [2.75, 3.05) is 5.32 Å². The van der Waals surface area contributed by atoms with Gasteiger partial charge in [0.2, 0.25) is 0 Å². The van der Waals surface area contributed by atoms with Gasteiger partial charge >= 0.3 is 5.97 Å². The van der Waals surface area contributed by atoms with E-state index in [1.807, 2.05) is 32.0 Å². The molecular formula is C20H22N2O4. The van der Waals surface area contributed by atoms with E-state index in [1.165, 1.54) is 24.3 Å². The van der Waals surface area contributed by atoms with Crippen molar-refractivity contribution in [2.24, 2.45) is 5.92 Å². The molecule has 136 valence electrons. The van der Waals surface area contributed by atoms with Crippen molar-refractivity contribution < 1.29 is 19.5 Å². The van der Waals surface area contributed by atoms with Crippen LogP contribution in [0.3, 0.4) is 0 Å². The first kappa shape index (κ1) is 19.2. The minimum absolute atomic E-state index is 0.139. The van der Waals surface area contributed by atoms with Gasteiger partial charge in [0.05, 0.1) is 0 Å². The standard InChI is InChI=1S/C20H22N2O4/c1-13(2)12-17(20(25)26)22-19(24)15-10-8-14(9-11-15)18(23)21-16-6-4-3-5-7-16/h3-11,13,17H,12H2,1-2H3,(H,21,23)(H,22,24)(H,25,26). The summed E-state index contributed by atoms with van der Waals surface area (Å²) in [6.45, 7) is 3.78. The van der Waals surface area contributed by atoms with E-state index in [2.05, 4.69) is 10.6 Å². The molecular weight excluding hydrogens is 332 g/mol. The number of para-hydroxylation sites is 1. The summed E-state index contributed by atoms with van der Waals surface area (Å²) in [6, 6.07) is 14.2. The molecule has 0 aliphatic carbocycles. The summed E-state index contributed by atoms with van der Waals surface area (Å²) in [7, 11) is 0. The van der Waals surface area contributed by atoms with E-state index in [0.29, 0.717) is 23.2 Å². The molecule has 0 bridgehead atoms. The van der Waals surface area contributed by atoms with Crippen molar-refractivity contribution in [2.45, 2.75) is 26.3 Å². The molecule has 0 spiro atoms. The Balaban J connectivity index is 2.02. The quantitative estimate of drug-likeness (QED) is 0.712. The molecule has 3 N–H and O–H groups in total. The molecule has 0 radical (unpaired) electrons. The fourth-order valence-electron chi connectivity index (χ4n) is 2.43. The molecule has 2 aromatic carbocycles. The van der Waals surface area contributed by atoms with Gasteiger partial charge in [-0.25, -0.2) is 4.79 Å². The Labute approximate surface area is 152 Å². The fourth-order valence-corrected chi connectivity index (χ4v) is 2.43. The Morgan fingerprint density at radius 1 is 0.885 bits per heavy atom. The third-order valence-electron chi connectivity index (χ3n) is 3.75. The smallest absolute Gasteiger partial charge is 0.326 e. The van der Waals surface area contributed by atoms with Crippen molar-refractivity contribution in [3.8, 4) is 0 Å². The zero-order chi connectivity index (χ0) is 19.1. The topological polar surface area (TPSA) is 95.5 Å². The molecule has 6 nitrogen and oxygen atoms in total. The van der Waals surface area contributed by atoms with Crippen LogP contribution >= 0.6 is 0 Å². The van der Waals surface area contributed by atoms with Gasteiger partial charge in [-0.1, -0.05) is 32.0 Å². The van der Waals surface area contributed by atoms with Gasteiger partial charge in [-0.05, 0) is 48.7 Å². The first-order chi connectivity index (χ1) is 12.4. The van der Waals surface area contributed by atoms with Gasteiger partial charge in [-0.2, -0.15) is 0 Å². The summed E-state index contributed by atoms with van der Waals surface area (Å²) in [5, 5.41) is 14.5. The van der Waals surface area contributed by atoms with E-state index in [0.717, 1.165) is 0 Å². The second-order valence-electron chi connectivity index (χ2n) is 6.39. The van der Waals surface area contributed by atoms with Crippen molar-refractivity contribution in [1.29, 1.82) is 0 Å². The lowest BCUT2D eigenvalue weighted by Crippen LogP contribution is -2.41. The normalized spacial score (nSPS) is 11.7. The molecule has 0 fully saturated rings. The third kappa shape index (κ3) is 5.44. The van der Waals surface area contributed by atoms with E-state index in [-0.39, 0.29) is 11.8 Å². The average Bonchev–Trinajstić information content (AvgIpc) is 2.61. The van der Waals surface area contributed by atoms with Gasteiger partial charge in [-0.15, -0.1) is 0 Å². The number of hydrogen-bond donors (Lipinski definition) is 3. The molecule has 2 rings (SSSR count). The summed E-state index contributed by atoms with van der Waals surface area (Å²) in [5.41, 5.74) is 1.39. The maximum Gasteiger partial charge on any atom is 0.326 e. The number of carbonyl (C=O) groups excluding carboxylic acids is 2. The lowest BCUT2D eigenvalue weighted by atomic mass is 10.0. The van der Waals surface area contributed by atoms with Crippen LogP contribution in [0, 0.1) is 5.92 Å². The van der Waals surface area contributed by atoms with Crippen LogP contribution in [0.25, 0.3) is 0 Å². The minimum Gasteiger partial charge on any atom is -0.480 e. The Kier molecular flexibility index (Phi) is 6.49. The number of amides is 2. The average molecular weight is 354 g/mol. The predicted octanol–water partition coefficient (Wildman–Crippen LogP) is 3.17. The highest BCUT2D eigenvalue weighted by molar-refractivity contribution is 6.05. The largest absolute Gasteiger partial charge is 0.480 e. The van der Waals surface area contributed by atoms with Gasteiger partial charge in [-0.3, -0.25) is 9.59 Å². The van der Waals surface area contributed by atoms with E-state index in [4.69, 9.17) is 0 Å². The number of aliphatic carboxylic acids is 1. The number of carboxylic acids is 1. The van der Waals surface area contributed by atoms with Crippen LogP contribution in [0.4, 0.5) is 5.69 Å². The number of rotatable bonds is 7. The fraction of sp³-hybridized carbons (Fsp3) is 0.250. The summed E-state index contributed by atoms with van der Waals surface area (Å²) in [4.78, 5) is 35.7. The van der Waals surface area contributed by atoms with Crippen LogP contribution in [0.15, 0.2) is 54.6 Å². The molecule has 1 unspecified atom stereocenters. The van der Waals surface area contributed by atoms with Crippen molar-refractivity contribution in [3.05, 3.63) is 65.7 Å². The van der Waals surface area contributed by atoms with Gasteiger partial charge in [0.25, 0.3) is 11.8 Å². The zero-order valence-corrected chi connectivity index (χ0v) is 14.7. The number of anilines is 1. The summed E-state index contributed by atoms with van der Waals surface area (Å²) < 4.78 is 0. The van der Waals surface area contributed by atoms with E-state index < -0.39 is 17.9 Å². The third-order valence-corrected chi connectivity index (χ3v) is 3.75. The number of benzene rings is 2. The Morgan fingerprint density at radius 3 is 1.92 bits per heavy atom. The lowest BCUT2D eigenvalue weighted by molar-refractivity contribution is -0.139. The first-order valence-electron chi connectivity index (χ1n) is 8.37. The van der Waals surface area contributed by atoms with Crippen LogP contribution in [0.1, 0.15) is 41.0 Å². The summed E-state index contributed by atoms with van der Waals surface area (Å²) in [5.74, 6) is -1.69. The Hall–Kier alpha value is -3.15. The molecule has 2 aromatic rings.